The van der Waals surface area contributed by atoms with Gasteiger partial charge in [-0.15, -0.1) is 10.2 Å². The summed E-state index contributed by atoms with van der Waals surface area (Å²) in [4.78, 5) is 12.2. The number of carbonyl (C=O) groups is 1. The summed E-state index contributed by atoms with van der Waals surface area (Å²) >= 11 is 13.2. The summed E-state index contributed by atoms with van der Waals surface area (Å²) < 4.78 is 5.56. The Kier molecular flexibility index (Phi) is 5.86. The first kappa shape index (κ1) is 18.8. The molecule has 1 amide bonds. The van der Waals surface area contributed by atoms with E-state index in [9.17, 15) is 4.79 Å². The zero-order valence-electron chi connectivity index (χ0n) is 14.0. The number of hydrogen-bond donors (Lipinski definition) is 1. The molecule has 8 heteroatoms. The van der Waals surface area contributed by atoms with E-state index >= 15 is 0 Å². The van der Waals surface area contributed by atoms with Crippen LogP contribution in [-0.2, 0) is 4.79 Å². The summed E-state index contributed by atoms with van der Waals surface area (Å²) in [5, 5.41) is 12.2. The molecule has 2 aromatic carbocycles. The van der Waals surface area contributed by atoms with Crippen molar-refractivity contribution in [3.8, 4) is 11.5 Å². The highest BCUT2D eigenvalue weighted by Gasteiger charge is 2.13. The molecule has 0 fully saturated rings. The molecule has 1 heterocycles. The van der Waals surface area contributed by atoms with Crippen molar-refractivity contribution in [2.75, 3.05) is 11.1 Å². The predicted octanol–water partition coefficient (Wildman–Crippen LogP) is 5.39. The van der Waals surface area contributed by atoms with Crippen LogP contribution >= 0.6 is 35.0 Å². The molecule has 26 heavy (non-hydrogen) atoms. The average molecular weight is 408 g/mol. The van der Waals surface area contributed by atoms with Gasteiger partial charge in [-0.1, -0.05) is 41.0 Å². The SMILES string of the molecule is Cc1cc(C)c(NC(=O)CSc2nnc(-c3ccc(Cl)cc3)o2)c(Cl)c1. The summed E-state index contributed by atoms with van der Waals surface area (Å²) in [6.45, 7) is 3.85. The fourth-order valence-corrected chi connectivity index (χ4v) is 3.41. The summed E-state index contributed by atoms with van der Waals surface area (Å²) in [7, 11) is 0. The fourth-order valence-electron chi connectivity index (χ4n) is 2.35. The van der Waals surface area contributed by atoms with Gasteiger partial charge in [-0.3, -0.25) is 4.79 Å². The molecule has 1 N–H and O–H groups in total. The summed E-state index contributed by atoms with van der Waals surface area (Å²) in [6, 6.07) is 10.8. The highest BCUT2D eigenvalue weighted by Crippen LogP contribution is 2.28. The topological polar surface area (TPSA) is 68.0 Å². The van der Waals surface area contributed by atoms with E-state index in [-0.39, 0.29) is 11.7 Å². The number of benzene rings is 2. The van der Waals surface area contributed by atoms with Gasteiger partial charge < -0.3 is 9.73 Å². The van der Waals surface area contributed by atoms with E-state index in [1.807, 2.05) is 26.0 Å². The number of anilines is 1. The van der Waals surface area contributed by atoms with Gasteiger partial charge in [0.2, 0.25) is 11.8 Å². The number of amides is 1. The van der Waals surface area contributed by atoms with E-state index in [2.05, 4.69) is 15.5 Å². The number of aryl methyl sites for hydroxylation is 2. The van der Waals surface area contributed by atoms with Crippen molar-refractivity contribution in [2.45, 2.75) is 19.1 Å². The van der Waals surface area contributed by atoms with E-state index in [0.717, 1.165) is 28.5 Å². The van der Waals surface area contributed by atoms with Gasteiger partial charge in [0.05, 0.1) is 16.5 Å². The molecule has 0 radical (unpaired) electrons. The van der Waals surface area contributed by atoms with Gasteiger partial charge in [-0.05, 0) is 55.3 Å². The molecule has 0 aliphatic rings. The van der Waals surface area contributed by atoms with Gasteiger partial charge in [0.25, 0.3) is 5.22 Å². The van der Waals surface area contributed by atoms with E-state index in [0.29, 0.717) is 26.8 Å². The van der Waals surface area contributed by atoms with Crippen LogP contribution in [0, 0.1) is 13.8 Å². The van der Waals surface area contributed by atoms with Crippen LogP contribution in [0.4, 0.5) is 5.69 Å². The summed E-state index contributed by atoms with van der Waals surface area (Å²) in [5.41, 5.74) is 3.34. The second-order valence-corrected chi connectivity index (χ2v) is 7.43. The maximum atomic E-state index is 12.2. The molecule has 0 atom stereocenters. The number of carbonyl (C=O) groups excluding carboxylic acids is 1. The van der Waals surface area contributed by atoms with Gasteiger partial charge in [0, 0.05) is 10.6 Å². The molecule has 0 saturated heterocycles. The maximum absolute atomic E-state index is 12.2. The molecule has 0 unspecified atom stereocenters. The monoisotopic (exact) mass is 407 g/mol. The van der Waals surface area contributed by atoms with E-state index in [4.69, 9.17) is 27.6 Å². The quantitative estimate of drug-likeness (QED) is 0.574. The molecule has 0 aliphatic carbocycles. The summed E-state index contributed by atoms with van der Waals surface area (Å²) in [5.74, 6) is 0.309. The van der Waals surface area contributed by atoms with Crippen molar-refractivity contribution in [2.24, 2.45) is 0 Å². The van der Waals surface area contributed by atoms with Crippen molar-refractivity contribution in [3.63, 3.8) is 0 Å². The number of thioether (sulfide) groups is 1. The van der Waals surface area contributed by atoms with E-state index in [1.54, 1.807) is 24.3 Å². The predicted molar refractivity (Wildman–Crippen MR) is 105 cm³/mol. The van der Waals surface area contributed by atoms with Crippen LogP contribution in [0.3, 0.4) is 0 Å². The van der Waals surface area contributed by atoms with Crippen LogP contribution in [0.15, 0.2) is 46.0 Å². The Morgan fingerprint density at radius 1 is 1.15 bits per heavy atom. The van der Waals surface area contributed by atoms with Gasteiger partial charge >= 0.3 is 0 Å². The van der Waals surface area contributed by atoms with Crippen molar-refractivity contribution >= 4 is 46.6 Å². The second kappa shape index (κ2) is 8.12. The molecular formula is C18H15Cl2N3O2S. The number of rotatable bonds is 5. The van der Waals surface area contributed by atoms with Crippen molar-refractivity contribution in [3.05, 3.63) is 57.6 Å². The Balaban J connectivity index is 1.61. The molecule has 3 aromatic rings. The third-order valence-corrected chi connectivity index (χ3v) is 4.89. The lowest BCUT2D eigenvalue weighted by molar-refractivity contribution is -0.113. The van der Waals surface area contributed by atoms with E-state index < -0.39 is 0 Å². The molecule has 0 aliphatic heterocycles. The lowest BCUT2D eigenvalue weighted by atomic mass is 10.1. The Bertz CT molecular complexity index is 919. The number of nitrogens with one attached hydrogen (secondary N) is 1. The van der Waals surface area contributed by atoms with Crippen molar-refractivity contribution < 1.29 is 9.21 Å². The Hall–Kier alpha value is -2.02. The van der Waals surface area contributed by atoms with Crippen molar-refractivity contribution in [1.82, 2.24) is 10.2 Å². The third-order valence-electron chi connectivity index (χ3n) is 3.52. The number of aromatic nitrogens is 2. The first-order valence-corrected chi connectivity index (χ1v) is 9.45. The molecule has 1 aromatic heterocycles. The summed E-state index contributed by atoms with van der Waals surface area (Å²) in [6.07, 6.45) is 0. The maximum Gasteiger partial charge on any atom is 0.277 e. The van der Waals surface area contributed by atoms with Gasteiger partial charge in [-0.25, -0.2) is 0 Å². The first-order chi connectivity index (χ1) is 12.4. The molecule has 0 bridgehead atoms. The average Bonchev–Trinajstić information content (AvgIpc) is 3.06. The standard InChI is InChI=1S/C18H15Cl2N3O2S/c1-10-7-11(2)16(14(20)8-10)21-15(24)9-26-18-23-22-17(25-18)12-3-5-13(19)6-4-12/h3-8H,9H2,1-2H3,(H,21,24). The number of halogens is 2. The molecule has 3 rings (SSSR count). The van der Waals surface area contributed by atoms with Gasteiger partial charge in [0.15, 0.2) is 0 Å². The third kappa shape index (κ3) is 4.58. The Morgan fingerprint density at radius 2 is 1.88 bits per heavy atom. The highest BCUT2D eigenvalue weighted by atomic mass is 35.5. The number of nitrogens with zero attached hydrogens (tertiary/aromatic N) is 2. The lowest BCUT2D eigenvalue weighted by Gasteiger charge is -2.11. The number of hydrogen-bond acceptors (Lipinski definition) is 5. The lowest BCUT2D eigenvalue weighted by Crippen LogP contribution is -2.15. The first-order valence-electron chi connectivity index (χ1n) is 7.71. The highest BCUT2D eigenvalue weighted by molar-refractivity contribution is 7.99. The molecular weight excluding hydrogens is 393 g/mol. The van der Waals surface area contributed by atoms with Crippen LogP contribution in [0.2, 0.25) is 10.0 Å². The van der Waals surface area contributed by atoms with Gasteiger partial charge in [0.1, 0.15) is 0 Å². The normalized spacial score (nSPS) is 10.8. The van der Waals surface area contributed by atoms with Crippen LogP contribution < -0.4 is 5.32 Å². The zero-order chi connectivity index (χ0) is 18.7. The van der Waals surface area contributed by atoms with Gasteiger partial charge in [-0.2, -0.15) is 0 Å². The smallest absolute Gasteiger partial charge is 0.277 e. The van der Waals surface area contributed by atoms with Crippen LogP contribution in [0.5, 0.6) is 0 Å². The largest absolute Gasteiger partial charge is 0.411 e. The Morgan fingerprint density at radius 3 is 2.58 bits per heavy atom. The fraction of sp³-hybridized carbons (Fsp3) is 0.167. The zero-order valence-corrected chi connectivity index (χ0v) is 16.4. The molecule has 134 valence electrons. The minimum Gasteiger partial charge on any atom is -0.411 e. The molecule has 0 spiro atoms. The van der Waals surface area contributed by atoms with Crippen LogP contribution in [-0.4, -0.2) is 21.9 Å². The van der Waals surface area contributed by atoms with Crippen LogP contribution in [0.25, 0.3) is 11.5 Å². The molecule has 0 saturated carbocycles. The molecule has 5 nitrogen and oxygen atoms in total. The second-order valence-electron chi connectivity index (χ2n) is 5.66. The van der Waals surface area contributed by atoms with Crippen LogP contribution in [0.1, 0.15) is 11.1 Å². The van der Waals surface area contributed by atoms with Crippen molar-refractivity contribution in [1.29, 1.82) is 0 Å². The van der Waals surface area contributed by atoms with E-state index in [1.165, 1.54) is 0 Å². The minimum atomic E-state index is -0.199. The Labute approximate surface area is 165 Å². The minimum absolute atomic E-state index is 0.131.